The Balaban J connectivity index is 1.25. The fourth-order valence-corrected chi connectivity index (χ4v) is 4.85. The monoisotopic (exact) mass is 523 g/mol. The fourth-order valence-electron chi connectivity index (χ4n) is 4.85. The Labute approximate surface area is 228 Å². The third kappa shape index (κ3) is 4.27. The van der Waals surface area contributed by atoms with E-state index in [-0.39, 0.29) is 5.82 Å². The molecule has 0 saturated carbocycles. The van der Waals surface area contributed by atoms with Crippen molar-refractivity contribution in [2.24, 2.45) is 0 Å². The van der Waals surface area contributed by atoms with Crippen molar-refractivity contribution >= 4 is 33.3 Å². The lowest BCUT2D eigenvalue weighted by Crippen LogP contribution is -1.98. The Morgan fingerprint density at radius 2 is 1.68 bits per heavy atom. The summed E-state index contributed by atoms with van der Waals surface area (Å²) in [7, 11) is 0. The zero-order valence-electron chi connectivity index (χ0n) is 21.2. The molecule has 0 spiro atoms. The van der Waals surface area contributed by atoms with Gasteiger partial charge in [-0.3, -0.25) is 15.1 Å². The Morgan fingerprint density at radius 1 is 0.800 bits per heavy atom. The lowest BCUT2D eigenvalue weighted by molar-refractivity contribution is 0.628. The van der Waals surface area contributed by atoms with Gasteiger partial charge in [0.05, 0.1) is 40.5 Å². The smallest absolute Gasteiger partial charge is 0.135 e. The van der Waals surface area contributed by atoms with E-state index in [1.165, 1.54) is 12.1 Å². The van der Waals surface area contributed by atoms with E-state index in [0.717, 1.165) is 67.0 Å². The van der Waals surface area contributed by atoms with Crippen molar-refractivity contribution in [2.75, 3.05) is 5.32 Å². The van der Waals surface area contributed by atoms with Gasteiger partial charge in [-0.15, -0.1) is 0 Å². The van der Waals surface area contributed by atoms with Crippen LogP contribution in [-0.4, -0.2) is 30.1 Å². The molecule has 40 heavy (non-hydrogen) atoms. The van der Waals surface area contributed by atoms with E-state index >= 15 is 0 Å². The summed E-state index contributed by atoms with van der Waals surface area (Å²) in [5, 5.41) is 11.9. The summed E-state index contributed by atoms with van der Waals surface area (Å²) < 4.78 is 13.9. The molecule has 0 aliphatic carbocycles. The molecule has 7 nitrogen and oxygen atoms in total. The molecule has 8 heteroatoms. The number of hydrogen-bond donors (Lipinski definition) is 3. The predicted octanol–water partition coefficient (Wildman–Crippen LogP) is 7.45. The topological polar surface area (TPSA) is 95.2 Å². The number of anilines is 1. The summed E-state index contributed by atoms with van der Waals surface area (Å²) in [4.78, 5) is 17.1. The molecule has 0 aliphatic rings. The highest BCUT2D eigenvalue weighted by atomic mass is 19.1. The molecule has 0 aliphatic heterocycles. The van der Waals surface area contributed by atoms with Crippen LogP contribution in [0.2, 0.25) is 0 Å². The lowest BCUT2D eigenvalue weighted by Gasteiger charge is -2.10. The standard InChI is InChI=1S/C32H22FN7/c1-19(20-6-3-2-4-7-20)36-24-13-22(15-34-16-24)27-10-11-28-31(38-27)32(40-39-28)29-14-25-26(17-35-18-30(25)37-29)21-8-5-9-23(33)12-21/h2-18,36-37H,1H2,(H,39,40). The first kappa shape index (κ1) is 23.5. The molecule has 192 valence electrons. The molecule has 2 aromatic carbocycles. The molecule has 7 rings (SSSR count). The van der Waals surface area contributed by atoms with Crippen molar-refractivity contribution in [1.29, 1.82) is 0 Å². The zero-order chi connectivity index (χ0) is 27.1. The van der Waals surface area contributed by atoms with Crippen molar-refractivity contribution < 1.29 is 4.39 Å². The van der Waals surface area contributed by atoms with Crippen molar-refractivity contribution in [3.63, 3.8) is 0 Å². The number of pyridine rings is 3. The van der Waals surface area contributed by atoms with Gasteiger partial charge in [-0.1, -0.05) is 49.0 Å². The number of fused-ring (bicyclic) bond motifs is 2. The van der Waals surface area contributed by atoms with Crippen LogP contribution in [0, 0.1) is 5.82 Å². The Hall–Kier alpha value is -5.63. The van der Waals surface area contributed by atoms with Crippen LogP contribution in [0.15, 0.2) is 110 Å². The van der Waals surface area contributed by atoms with Crippen LogP contribution >= 0.6 is 0 Å². The van der Waals surface area contributed by atoms with Gasteiger partial charge in [-0.05, 0) is 47.5 Å². The van der Waals surface area contributed by atoms with Gasteiger partial charge in [-0.25, -0.2) is 9.37 Å². The van der Waals surface area contributed by atoms with E-state index in [9.17, 15) is 4.39 Å². The molecule has 0 radical (unpaired) electrons. The minimum atomic E-state index is -0.293. The molecular formula is C32H22FN7. The second kappa shape index (κ2) is 9.59. The predicted molar refractivity (Wildman–Crippen MR) is 157 cm³/mol. The average Bonchev–Trinajstić information content (AvgIpc) is 3.61. The lowest BCUT2D eigenvalue weighted by atomic mass is 10.0. The van der Waals surface area contributed by atoms with Crippen LogP contribution in [-0.2, 0) is 0 Å². The van der Waals surface area contributed by atoms with Gasteiger partial charge in [0, 0.05) is 34.6 Å². The van der Waals surface area contributed by atoms with E-state index < -0.39 is 0 Å². The first-order valence-corrected chi connectivity index (χ1v) is 12.7. The summed E-state index contributed by atoms with van der Waals surface area (Å²) in [5.41, 5.74) is 9.62. The quantitative estimate of drug-likeness (QED) is 0.210. The van der Waals surface area contributed by atoms with Gasteiger partial charge in [-0.2, -0.15) is 5.10 Å². The van der Waals surface area contributed by atoms with E-state index in [1.54, 1.807) is 30.9 Å². The fraction of sp³-hybridized carbons (Fsp3) is 0. The van der Waals surface area contributed by atoms with E-state index in [1.807, 2.05) is 60.7 Å². The Morgan fingerprint density at radius 3 is 2.55 bits per heavy atom. The number of nitrogens with zero attached hydrogens (tertiary/aromatic N) is 4. The van der Waals surface area contributed by atoms with Crippen LogP contribution in [0.5, 0.6) is 0 Å². The summed E-state index contributed by atoms with van der Waals surface area (Å²) in [5.74, 6) is -0.293. The zero-order valence-corrected chi connectivity index (χ0v) is 21.2. The van der Waals surface area contributed by atoms with E-state index in [4.69, 9.17) is 4.98 Å². The third-order valence-corrected chi connectivity index (χ3v) is 6.80. The first-order valence-electron chi connectivity index (χ1n) is 12.7. The van der Waals surface area contributed by atoms with Crippen molar-refractivity contribution in [3.8, 4) is 33.8 Å². The summed E-state index contributed by atoms with van der Waals surface area (Å²) >= 11 is 0. The molecule has 7 aromatic rings. The highest BCUT2D eigenvalue weighted by molar-refractivity contribution is 6.00. The number of halogens is 1. The number of aromatic nitrogens is 6. The van der Waals surface area contributed by atoms with Crippen molar-refractivity contribution in [2.45, 2.75) is 0 Å². The van der Waals surface area contributed by atoms with Gasteiger partial charge in [0.15, 0.2) is 0 Å². The second-order valence-electron chi connectivity index (χ2n) is 9.44. The number of rotatable bonds is 6. The SMILES string of the molecule is C=C(Nc1cncc(-c2ccc3[nH]nc(-c4cc5c(-c6cccc(F)c6)cncc5[nH]4)c3n2)c1)c1ccccc1. The largest absolute Gasteiger partial charge is 0.354 e. The van der Waals surface area contributed by atoms with E-state index in [0.29, 0.717) is 5.69 Å². The van der Waals surface area contributed by atoms with Gasteiger partial charge in [0.1, 0.15) is 17.0 Å². The molecule has 5 heterocycles. The molecule has 3 N–H and O–H groups in total. The molecule has 5 aromatic heterocycles. The summed E-state index contributed by atoms with van der Waals surface area (Å²) in [6.45, 7) is 4.16. The number of benzene rings is 2. The highest BCUT2D eigenvalue weighted by Crippen LogP contribution is 2.34. The van der Waals surface area contributed by atoms with Gasteiger partial charge < -0.3 is 10.3 Å². The molecular weight excluding hydrogens is 501 g/mol. The molecule has 0 saturated heterocycles. The Bertz CT molecular complexity index is 2020. The van der Waals surface area contributed by atoms with Crippen LogP contribution in [0.4, 0.5) is 10.1 Å². The van der Waals surface area contributed by atoms with Crippen LogP contribution in [0.25, 0.3) is 61.4 Å². The van der Waals surface area contributed by atoms with Gasteiger partial charge >= 0.3 is 0 Å². The normalized spacial score (nSPS) is 11.2. The first-order chi connectivity index (χ1) is 19.6. The molecule has 0 amide bonds. The summed E-state index contributed by atoms with van der Waals surface area (Å²) in [6.07, 6.45) is 7.04. The highest BCUT2D eigenvalue weighted by Gasteiger charge is 2.16. The second-order valence-corrected chi connectivity index (χ2v) is 9.44. The third-order valence-electron chi connectivity index (χ3n) is 6.80. The van der Waals surface area contributed by atoms with Gasteiger partial charge in [0.2, 0.25) is 0 Å². The maximum absolute atomic E-state index is 13.9. The minimum Gasteiger partial charge on any atom is -0.354 e. The molecule has 0 atom stereocenters. The van der Waals surface area contributed by atoms with Crippen LogP contribution < -0.4 is 5.32 Å². The molecule has 0 unspecified atom stereocenters. The Kier molecular flexibility index (Phi) is 5.63. The van der Waals surface area contributed by atoms with Crippen LogP contribution in [0.1, 0.15) is 5.56 Å². The number of aromatic amines is 2. The van der Waals surface area contributed by atoms with Crippen LogP contribution in [0.3, 0.4) is 0 Å². The number of hydrogen-bond acceptors (Lipinski definition) is 5. The average molecular weight is 524 g/mol. The molecule has 0 bridgehead atoms. The maximum Gasteiger partial charge on any atom is 0.135 e. The van der Waals surface area contributed by atoms with Gasteiger partial charge in [0.25, 0.3) is 0 Å². The van der Waals surface area contributed by atoms with Crippen molar-refractivity contribution in [1.82, 2.24) is 30.1 Å². The summed E-state index contributed by atoms with van der Waals surface area (Å²) in [6, 6.07) is 24.3. The maximum atomic E-state index is 13.9. The number of nitrogens with one attached hydrogen (secondary N) is 3. The minimum absolute atomic E-state index is 0.293. The molecule has 0 fully saturated rings. The van der Waals surface area contributed by atoms with Crippen molar-refractivity contribution in [3.05, 3.63) is 122 Å². The number of H-pyrrole nitrogens is 2. The van der Waals surface area contributed by atoms with E-state index in [2.05, 4.69) is 37.0 Å².